The van der Waals surface area contributed by atoms with Gasteiger partial charge in [-0.15, -0.1) is 0 Å². The maximum absolute atomic E-state index is 13.2. The Morgan fingerprint density at radius 3 is 2.60 bits per heavy atom. The molecule has 2 aromatic heterocycles. The topological polar surface area (TPSA) is 55.6 Å². The second kappa shape index (κ2) is 6.43. The van der Waals surface area contributed by atoms with Gasteiger partial charge in [0, 0.05) is 17.6 Å². The molecule has 5 nitrogen and oxygen atoms in total. The molecular weight excluding hydrogens is 406 g/mol. The normalized spacial score (nSPS) is 11.6. The lowest BCUT2D eigenvalue weighted by Crippen LogP contribution is -2.10. The number of halogens is 5. The van der Waals surface area contributed by atoms with Gasteiger partial charge in [-0.2, -0.15) is 23.3 Å². The molecule has 0 aliphatic carbocycles. The van der Waals surface area contributed by atoms with E-state index in [0.717, 1.165) is 10.7 Å². The number of hydrogen-bond acceptors (Lipinski definition) is 4. The molecule has 1 N–H and O–H groups in total. The van der Waals surface area contributed by atoms with Crippen LogP contribution in [0.2, 0.25) is 0 Å². The van der Waals surface area contributed by atoms with Crippen molar-refractivity contribution in [1.29, 1.82) is 0 Å². The van der Waals surface area contributed by atoms with E-state index < -0.39 is 17.7 Å². The number of anilines is 2. The molecule has 0 unspecified atom stereocenters. The van der Waals surface area contributed by atoms with Gasteiger partial charge in [0.15, 0.2) is 11.5 Å². The van der Waals surface area contributed by atoms with Crippen LogP contribution in [0.15, 0.2) is 41.0 Å². The van der Waals surface area contributed by atoms with Crippen molar-refractivity contribution >= 4 is 27.6 Å². The van der Waals surface area contributed by atoms with E-state index >= 15 is 0 Å². The summed E-state index contributed by atoms with van der Waals surface area (Å²) in [6.07, 6.45) is -3.18. The van der Waals surface area contributed by atoms with E-state index in [1.54, 1.807) is 6.07 Å². The zero-order valence-electron chi connectivity index (χ0n) is 12.6. The van der Waals surface area contributed by atoms with Gasteiger partial charge in [0.25, 0.3) is 0 Å². The Hall–Kier alpha value is -2.49. The van der Waals surface area contributed by atoms with E-state index in [0.29, 0.717) is 10.2 Å². The van der Waals surface area contributed by atoms with Crippen LogP contribution in [0.1, 0.15) is 11.4 Å². The minimum atomic E-state index is -4.56. The summed E-state index contributed by atoms with van der Waals surface area (Å²) in [5.41, 5.74) is -0.361. The van der Waals surface area contributed by atoms with Crippen molar-refractivity contribution in [1.82, 2.24) is 19.7 Å². The molecule has 2 heterocycles. The van der Waals surface area contributed by atoms with Crippen molar-refractivity contribution in [3.05, 3.63) is 58.2 Å². The van der Waals surface area contributed by atoms with Gasteiger partial charge in [0.2, 0.25) is 5.95 Å². The Balaban J connectivity index is 1.99. The monoisotopic (exact) mass is 415 g/mol. The molecule has 10 heteroatoms. The second-order valence-corrected chi connectivity index (χ2v) is 5.94. The Morgan fingerprint density at radius 1 is 1.20 bits per heavy atom. The fourth-order valence-electron chi connectivity index (χ4n) is 2.09. The van der Waals surface area contributed by atoms with Gasteiger partial charge in [-0.25, -0.2) is 14.1 Å². The van der Waals surface area contributed by atoms with E-state index in [-0.39, 0.29) is 17.5 Å². The molecule has 3 rings (SSSR count). The Bertz CT molecular complexity index is 923. The molecular formula is C15H10BrF4N5. The van der Waals surface area contributed by atoms with Crippen LogP contribution in [0.3, 0.4) is 0 Å². The highest BCUT2D eigenvalue weighted by Gasteiger charge is 2.34. The zero-order chi connectivity index (χ0) is 18.2. The van der Waals surface area contributed by atoms with E-state index in [1.807, 2.05) is 0 Å². The van der Waals surface area contributed by atoms with E-state index in [1.165, 1.54) is 31.3 Å². The number of benzene rings is 1. The molecule has 0 saturated heterocycles. The summed E-state index contributed by atoms with van der Waals surface area (Å²) in [6.45, 7) is 1.48. The molecule has 0 radical (unpaired) electrons. The molecule has 0 amide bonds. The summed E-state index contributed by atoms with van der Waals surface area (Å²) >= 11 is 3.20. The van der Waals surface area contributed by atoms with Crippen LogP contribution in [0.25, 0.3) is 5.82 Å². The first-order valence-corrected chi connectivity index (χ1v) is 7.73. The van der Waals surface area contributed by atoms with Crippen LogP contribution in [0.4, 0.5) is 29.2 Å². The van der Waals surface area contributed by atoms with E-state index in [2.05, 4.69) is 36.3 Å². The first kappa shape index (κ1) is 17.3. The highest BCUT2D eigenvalue weighted by Crippen LogP contribution is 2.30. The van der Waals surface area contributed by atoms with Crippen molar-refractivity contribution in [3.63, 3.8) is 0 Å². The molecule has 3 aromatic rings. The summed E-state index contributed by atoms with van der Waals surface area (Å²) < 4.78 is 53.2. The molecule has 0 aliphatic heterocycles. The number of nitrogens with one attached hydrogen (secondary N) is 1. The molecule has 0 spiro atoms. The standard InChI is InChI=1S/C15H10BrF4N5/c1-8-5-12(15(18,19)20)24-25(8)13-11(16)7-21-14(23-13)22-10-4-2-3-9(17)6-10/h2-7H,1H3,(H,21,22,23). The minimum absolute atomic E-state index is 0.0901. The van der Waals surface area contributed by atoms with E-state index in [9.17, 15) is 17.6 Å². The van der Waals surface area contributed by atoms with Crippen LogP contribution in [-0.4, -0.2) is 19.7 Å². The fraction of sp³-hybridized carbons (Fsp3) is 0.133. The summed E-state index contributed by atoms with van der Waals surface area (Å²) in [5, 5.41) is 6.35. The fourth-order valence-corrected chi connectivity index (χ4v) is 2.45. The van der Waals surface area contributed by atoms with Gasteiger partial charge >= 0.3 is 6.18 Å². The Labute approximate surface area is 147 Å². The minimum Gasteiger partial charge on any atom is -0.324 e. The van der Waals surface area contributed by atoms with Crippen molar-refractivity contribution in [3.8, 4) is 5.82 Å². The van der Waals surface area contributed by atoms with Gasteiger partial charge < -0.3 is 5.32 Å². The second-order valence-electron chi connectivity index (χ2n) is 5.08. The molecule has 130 valence electrons. The maximum atomic E-state index is 13.2. The molecule has 0 fully saturated rings. The van der Waals surface area contributed by atoms with Gasteiger partial charge in [-0.3, -0.25) is 0 Å². The summed E-state index contributed by atoms with van der Waals surface area (Å²) in [5.74, 6) is -0.228. The average Bonchev–Trinajstić information content (AvgIpc) is 2.91. The summed E-state index contributed by atoms with van der Waals surface area (Å²) in [4.78, 5) is 8.19. The van der Waals surface area contributed by atoms with Crippen molar-refractivity contribution < 1.29 is 17.6 Å². The van der Waals surface area contributed by atoms with Gasteiger partial charge in [-0.1, -0.05) is 6.07 Å². The number of aromatic nitrogens is 4. The van der Waals surface area contributed by atoms with Gasteiger partial charge in [0.1, 0.15) is 5.82 Å². The zero-order valence-corrected chi connectivity index (χ0v) is 14.2. The molecule has 25 heavy (non-hydrogen) atoms. The van der Waals surface area contributed by atoms with Gasteiger partial charge in [0.05, 0.1) is 4.47 Å². The number of alkyl halides is 3. The summed E-state index contributed by atoms with van der Waals surface area (Å²) in [7, 11) is 0. The molecule has 0 saturated carbocycles. The Morgan fingerprint density at radius 2 is 1.96 bits per heavy atom. The van der Waals surface area contributed by atoms with Crippen molar-refractivity contribution in [2.45, 2.75) is 13.1 Å². The quantitative estimate of drug-likeness (QED) is 0.633. The molecule has 0 atom stereocenters. The lowest BCUT2D eigenvalue weighted by atomic mass is 10.3. The first-order chi connectivity index (χ1) is 11.7. The van der Waals surface area contributed by atoms with Crippen LogP contribution in [-0.2, 0) is 6.18 Å². The van der Waals surface area contributed by atoms with Crippen LogP contribution in [0, 0.1) is 12.7 Å². The number of aryl methyl sites for hydroxylation is 1. The van der Waals surface area contributed by atoms with Crippen LogP contribution < -0.4 is 5.32 Å². The van der Waals surface area contributed by atoms with Crippen LogP contribution in [0.5, 0.6) is 0 Å². The highest BCUT2D eigenvalue weighted by atomic mass is 79.9. The number of nitrogens with zero attached hydrogens (tertiary/aromatic N) is 4. The predicted molar refractivity (Wildman–Crippen MR) is 86.3 cm³/mol. The van der Waals surface area contributed by atoms with E-state index in [4.69, 9.17) is 0 Å². The number of hydrogen-bond donors (Lipinski definition) is 1. The lowest BCUT2D eigenvalue weighted by molar-refractivity contribution is -0.141. The SMILES string of the molecule is Cc1cc(C(F)(F)F)nn1-c1nc(Nc2cccc(F)c2)ncc1Br. The average molecular weight is 416 g/mol. The predicted octanol–water partition coefficient (Wildman–Crippen LogP) is 4.63. The molecule has 0 bridgehead atoms. The van der Waals surface area contributed by atoms with Crippen molar-refractivity contribution in [2.75, 3.05) is 5.32 Å². The molecule has 0 aliphatic rings. The first-order valence-electron chi connectivity index (χ1n) is 6.93. The van der Waals surface area contributed by atoms with Gasteiger partial charge in [-0.05, 0) is 47.1 Å². The number of rotatable bonds is 3. The third-order valence-electron chi connectivity index (χ3n) is 3.18. The van der Waals surface area contributed by atoms with Crippen LogP contribution >= 0.6 is 15.9 Å². The largest absolute Gasteiger partial charge is 0.435 e. The highest BCUT2D eigenvalue weighted by molar-refractivity contribution is 9.10. The smallest absolute Gasteiger partial charge is 0.324 e. The molecule has 1 aromatic carbocycles. The summed E-state index contributed by atoms with van der Waals surface area (Å²) in [6, 6.07) is 6.56. The Kier molecular flexibility index (Phi) is 4.46. The lowest BCUT2D eigenvalue weighted by Gasteiger charge is -2.09. The maximum Gasteiger partial charge on any atom is 0.435 e. The third-order valence-corrected chi connectivity index (χ3v) is 3.74. The third kappa shape index (κ3) is 3.78. The van der Waals surface area contributed by atoms with Crippen molar-refractivity contribution in [2.24, 2.45) is 0 Å².